The first-order valence-electron chi connectivity index (χ1n) is 4.76. The van der Waals surface area contributed by atoms with Crippen LogP contribution in [0.2, 0.25) is 0 Å². The van der Waals surface area contributed by atoms with Crippen LogP contribution in [-0.2, 0) is 0 Å². The van der Waals surface area contributed by atoms with Crippen molar-refractivity contribution in [2.24, 2.45) is 11.5 Å². The summed E-state index contributed by atoms with van der Waals surface area (Å²) in [6.45, 7) is 0.293. The van der Waals surface area contributed by atoms with Crippen molar-refractivity contribution < 1.29 is 19.9 Å². The molecular formula is C9H14N4O5. The topological polar surface area (TPSA) is 162 Å². The van der Waals surface area contributed by atoms with Gasteiger partial charge in [0.05, 0.1) is 17.4 Å². The van der Waals surface area contributed by atoms with Crippen LogP contribution in [0.15, 0.2) is 24.3 Å². The van der Waals surface area contributed by atoms with E-state index in [4.69, 9.17) is 36.6 Å². The summed E-state index contributed by atoms with van der Waals surface area (Å²) in [6.07, 6.45) is 0. The van der Waals surface area contributed by atoms with Gasteiger partial charge in [-0.25, -0.2) is 4.99 Å². The highest BCUT2D eigenvalue weighted by atomic mass is 16.9. The van der Waals surface area contributed by atoms with Gasteiger partial charge in [0.15, 0.2) is 0 Å². The highest BCUT2D eigenvalue weighted by molar-refractivity contribution is 5.70. The first-order valence-corrected chi connectivity index (χ1v) is 4.76. The van der Waals surface area contributed by atoms with Crippen molar-refractivity contribution >= 4 is 11.6 Å². The molecule has 0 unspecified atom stereocenters. The van der Waals surface area contributed by atoms with E-state index < -0.39 is 5.09 Å². The third-order valence-corrected chi connectivity index (χ3v) is 1.50. The van der Waals surface area contributed by atoms with Crippen molar-refractivity contribution in [2.45, 2.75) is 0 Å². The van der Waals surface area contributed by atoms with Gasteiger partial charge in [-0.05, 0) is 24.3 Å². The molecule has 6 N–H and O–H groups in total. The van der Waals surface area contributed by atoms with E-state index in [0.29, 0.717) is 5.75 Å². The maximum absolute atomic E-state index is 8.53. The zero-order valence-electron chi connectivity index (χ0n) is 9.41. The Morgan fingerprint density at radius 3 is 2.22 bits per heavy atom. The van der Waals surface area contributed by atoms with Gasteiger partial charge in [-0.1, -0.05) is 0 Å². The quantitative estimate of drug-likeness (QED) is 0.206. The summed E-state index contributed by atoms with van der Waals surface area (Å²) in [5.74, 6) is 0.842. The van der Waals surface area contributed by atoms with Crippen molar-refractivity contribution in [1.82, 2.24) is 0 Å². The maximum Gasteiger partial charge on any atom is 0.343 e. The van der Waals surface area contributed by atoms with Crippen LogP contribution in [0.5, 0.6) is 5.75 Å². The molecule has 0 amide bonds. The molecule has 0 atom stereocenters. The standard InChI is InChI=1S/C9H13N3O2.NO3/c10-9(11)12-7-1-3-8(4-2-7)14-6-5-13;2-1(3)4/h1-4,13H,5-6H2,(H4,10,11,12);/q;-1/p+1. The number of nitrogens with two attached hydrogens (primary N) is 2. The van der Waals surface area contributed by atoms with E-state index in [1.807, 2.05) is 0 Å². The lowest BCUT2D eigenvalue weighted by Gasteiger charge is -2.02. The number of rotatable bonds is 4. The summed E-state index contributed by atoms with van der Waals surface area (Å²) in [6, 6.07) is 7.10. The second kappa shape index (κ2) is 8.58. The first kappa shape index (κ1) is 15.4. The average Bonchev–Trinajstić information content (AvgIpc) is 2.27. The average molecular weight is 258 g/mol. The van der Waals surface area contributed by atoms with Crippen LogP contribution < -0.4 is 21.2 Å². The Labute approximate surface area is 102 Å². The summed E-state index contributed by atoms with van der Waals surface area (Å²) in [4.78, 5) is 11.0. The third kappa shape index (κ3) is 8.73. The molecule has 1 rings (SSSR count). The van der Waals surface area contributed by atoms with Crippen molar-refractivity contribution in [3.05, 3.63) is 39.6 Å². The van der Waals surface area contributed by atoms with E-state index in [0.717, 1.165) is 5.69 Å². The minimum Gasteiger partial charge on any atom is -0.491 e. The molecule has 0 heterocycles. The highest BCUT2D eigenvalue weighted by Gasteiger charge is 1.95. The number of hydrogen-bond donors (Lipinski definition) is 4. The summed E-state index contributed by atoms with van der Waals surface area (Å²) in [5, 5.41) is 23.3. The molecule has 100 valence electrons. The predicted octanol–water partition coefficient (Wildman–Crippen LogP) is -2.20. The molecule has 1 aromatic rings. The summed E-state index contributed by atoms with van der Waals surface area (Å²) < 4.78 is 5.17. The van der Waals surface area contributed by atoms with Crippen LogP contribution in [0.4, 0.5) is 5.69 Å². The fraction of sp³-hybridized carbons (Fsp3) is 0.222. The predicted molar refractivity (Wildman–Crippen MR) is 63.4 cm³/mol. The Kier molecular flexibility index (Phi) is 7.37. The Morgan fingerprint density at radius 1 is 1.33 bits per heavy atom. The Hall–Kier alpha value is -2.55. The normalized spacial score (nSPS) is 8.72. The lowest BCUT2D eigenvalue weighted by Crippen LogP contribution is -2.72. The minimum absolute atomic E-state index is 0.00350. The summed E-state index contributed by atoms with van der Waals surface area (Å²) in [5.41, 5.74) is 11.3. The largest absolute Gasteiger partial charge is 0.491 e. The molecule has 0 radical (unpaired) electrons. The van der Waals surface area contributed by atoms with Gasteiger partial charge in [-0.15, -0.1) is 0 Å². The van der Waals surface area contributed by atoms with Crippen molar-refractivity contribution in [3.63, 3.8) is 0 Å². The number of hydrogen-bond acceptors (Lipinski definition) is 5. The number of guanidine groups is 1. The molecular weight excluding hydrogens is 244 g/mol. The van der Waals surface area contributed by atoms with Crippen LogP contribution in [0.3, 0.4) is 0 Å². The fourth-order valence-corrected chi connectivity index (χ4v) is 0.965. The van der Waals surface area contributed by atoms with Gasteiger partial charge in [0, 0.05) is 0 Å². The fourth-order valence-electron chi connectivity index (χ4n) is 0.965. The van der Waals surface area contributed by atoms with Gasteiger partial charge in [0.1, 0.15) is 12.4 Å². The number of nitrogens with one attached hydrogen (secondary N) is 1. The van der Waals surface area contributed by atoms with Crippen LogP contribution in [0.1, 0.15) is 0 Å². The van der Waals surface area contributed by atoms with Crippen LogP contribution in [-0.4, -0.2) is 29.4 Å². The SMILES string of the molecule is NC(N)=[NH+]c1ccc(OCCO)cc1.O=[N+]([O-])[O-]. The monoisotopic (exact) mass is 258 g/mol. The molecule has 0 aromatic heterocycles. The van der Waals surface area contributed by atoms with Gasteiger partial charge in [0.25, 0.3) is 0 Å². The van der Waals surface area contributed by atoms with Gasteiger partial charge in [-0.2, -0.15) is 0 Å². The van der Waals surface area contributed by atoms with Crippen LogP contribution in [0, 0.1) is 15.3 Å². The highest BCUT2D eigenvalue weighted by Crippen LogP contribution is 2.11. The number of benzene rings is 1. The molecule has 9 nitrogen and oxygen atoms in total. The molecule has 0 saturated heterocycles. The smallest absolute Gasteiger partial charge is 0.343 e. The Bertz CT molecular complexity index is 384. The second-order valence-electron chi connectivity index (χ2n) is 2.90. The first-order chi connectivity index (χ1) is 8.45. The number of nitrogens with zero attached hydrogens (tertiary/aromatic N) is 1. The zero-order valence-corrected chi connectivity index (χ0v) is 9.41. The molecule has 0 bridgehead atoms. The van der Waals surface area contributed by atoms with Crippen LogP contribution in [0.25, 0.3) is 0 Å². The molecule has 0 spiro atoms. The Morgan fingerprint density at radius 2 is 1.83 bits per heavy atom. The zero-order chi connectivity index (χ0) is 14.0. The van der Waals surface area contributed by atoms with Crippen LogP contribution >= 0.6 is 0 Å². The van der Waals surface area contributed by atoms with Crippen molar-refractivity contribution in [3.8, 4) is 5.75 Å². The van der Waals surface area contributed by atoms with E-state index in [1.165, 1.54) is 0 Å². The third-order valence-electron chi connectivity index (χ3n) is 1.50. The molecule has 9 heteroatoms. The molecule has 0 aliphatic carbocycles. The molecule has 18 heavy (non-hydrogen) atoms. The van der Waals surface area contributed by atoms with E-state index >= 15 is 0 Å². The molecule has 0 aliphatic heterocycles. The number of aliphatic hydroxyl groups is 1. The van der Waals surface area contributed by atoms with E-state index in [9.17, 15) is 0 Å². The van der Waals surface area contributed by atoms with E-state index in [2.05, 4.69) is 4.99 Å². The lowest BCUT2D eigenvalue weighted by atomic mass is 10.3. The lowest BCUT2D eigenvalue weighted by molar-refractivity contribution is -0.402. The van der Waals surface area contributed by atoms with Crippen molar-refractivity contribution in [1.29, 1.82) is 0 Å². The Balaban J connectivity index is 0.000000631. The number of ether oxygens (including phenoxy) is 1. The summed E-state index contributed by atoms with van der Waals surface area (Å²) >= 11 is 0. The molecule has 0 aliphatic rings. The second-order valence-corrected chi connectivity index (χ2v) is 2.90. The van der Waals surface area contributed by atoms with Gasteiger partial charge in [-0.3, -0.25) is 11.5 Å². The van der Waals surface area contributed by atoms with Gasteiger partial charge >= 0.3 is 5.96 Å². The van der Waals surface area contributed by atoms with Crippen molar-refractivity contribution in [2.75, 3.05) is 13.2 Å². The molecule has 1 aromatic carbocycles. The minimum atomic E-state index is -1.75. The molecule has 0 fully saturated rings. The summed E-state index contributed by atoms with van der Waals surface area (Å²) in [7, 11) is 0. The number of aliphatic hydroxyl groups excluding tert-OH is 1. The van der Waals surface area contributed by atoms with E-state index in [-0.39, 0.29) is 19.2 Å². The van der Waals surface area contributed by atoms with Gasteiger partial charge < -0.3 is 25.2 Å². The molecule has 0 saturated carbocycles. The van der Waals surface area contributed by atoms with Gasteiger partial charge in [0.2, 0.25) is 0 Å². The maximum atomic E-state index is 8.53. The van der Waals surface area contributed by atoms with E-state index in [1.54, 1.807) is 24.3 Å².